The Kier molecular flexibility index (Phi) is 5.53. The van der Waals surface area contributed by atoms with E-state index in [1.165, 1.54) is 0 Å². The van der Waals surface area contributed by atoms with Crippen molar-refractivity contribution in [2.24, 2.45) is 5.92 Å². The molecule has 11 heavy (non-hydrogen) atoms. The van der Waals surface area contributed by atoms with Crippen LogP contribution in [0.5, 0.6) is 0 Å². The van der Waals surface area contributed by atoms with E-state index in [0.717, 1.165) is 0 Å². The summed E-state index contributed by atoms with van der Waals surface area (Å²) in [6.07, 6.45) is 4.03. The van der Waals surface area contributed by atoms with Gasteiger partial charge in [-0.25, -0.2) is 0 Å². The van der Waals surface area contributed by atoms with E-state index >= 15 is 0 Å². The number of hydrogen-bond donors (Lipinski definition) is 0. The highest BCUT2D eigenvalue weighted by Crippen LogP contribution is 1.95. The van der Waals surface area contributed by atoms with Gasteiger partial charge in [0.15, 0.2) is 0 Å². The SMILES string of the molecule is CC=CCC(=O)OCC(C)C. The lowest BCUT2D eigenvalue weighted by Gasteiger charge is -2.04. The molecule has 0 aromatic carbocycles. The molecule has 0 saturated heterocycles. The van der Waals surface area contributed by atoms with Gasteiger partial charge in [-0.05, 0) is 12.8 Å². The van der Waals surface area contributed by atoms with Crippen molar-refractivity contribution in [2.75, 3.05) is 6.61 Å². The first-order valence-corrected chi connectivity index (χ1v) is 3.93. The maximum absolute atomic E-state index is 10.8. The van der Waals surface area contributed by atoms with Crippen LogP contribution < -0.4 is 0 Å². The maximum Gasteiger partial charge on any atom is 0.309 e. The van der Waals surface area contributed by atoms with Crippen molar-refractivity contribution < 1.29 is 9.53 Å². The Morgan fingerprint density at radius 1 is 1.55 bits per heavy atom. The van der Waals surface area contributed by atoms with E-state index < -0.39 is 0 Å². The average Bonchev–Trinajstić information content (AvgIpc) is 1.97. The van der Waals surface area contributed by atoms with Gasteiger partial charge in [-0.2, -0.15) is 0 Å². The minimum absolute atomic E-state index is 0.142. The van der Waals surface area contributed by atoms with Crippen LogP contribution in [0, 0.1) is 5.92 Å². The van der Waals surface area contributed by atoms with Gasteiger partial charge in [0, 0.05) is 0 Å². The van der Waals surface area contributed by atoms with Crippen molar-refractivity contribution >= 4 is 5.97 Å². The Morgan fingerprint density at radius 3 is 2.64 bits per heavy atom. The molecule has 2 heteroatoms. The minimum atomic E-state index is -0.142. The van der Waals surface area contributed by atoms with E-state index in [4.69, 9.17) is 4.74 Å². The highest BCUT2D eigenvalue weighted by molar-refractivity contribution is 5.71. The smallest absolute Gasteiger partial charge is 0.309 e. The van der Waals surface area contributed by atoms with Gasteiger partial charge in [0.05, 0.1) is 13.0 Å². The number of ether oxygens (including phenoxy) is 1. The van der Waals surface area contributed by atoms with E-state index in [0.29, 0.717) is 18.9 Å². The largest absolute Gasteiger partial charge is 0.465 e. The van der Waals surface area contributed by atoms with Crippen molar-refractivity contribution in [1.29, 1.82) is 0 Å². The number of carbonyl (C=O) groups is 1. The van der Waals surface area contributed by atoms with Crippen LogP contribution in [0.1, 0.15) is 27.2 Å². The first kappa shape index (κ1) is 10.2. The normalized spacial score (nSPS) is 10.9. The number of esters is 1. The van der Waals surface area contributed by atoms with Crippen LogP contribution >= 0.6 is 0 Å². The van der Waals surface area contributed by atoms with Crippen LogP contribution in [0.3, 0.4) is 0 Å². The maximum atomic E-state index is 10.8. The molecule has 0 heterocycles. The van der Waals surface area contributed by atoms with E-state index in [1.807, 2.05) is 26.8 Å². The summed E-state index contributed by atoms with van der Waals surface area (Å²) < 4.78 is 4.92. The van der Waals surface area contributed by atoms with Crippen molar-refractivity contribution in [3.05, 3.63) is 12.2 Å². The molecule has 0 radical (unpaired) electrons. The molecule has 0 atom stereocenters. The van der Waals surface area contributed by atoms with Gasteiger partial charge in [-0.3, -0.25) is 4.79 Å². The van der Waals surface area contributed by atoms with E-state index in [9.17, 15) is 4.79 Å². The summed E-state index contributed by atoms with van der Waals surface area (Å²) in [5.41, 5.74) is 0. The number of hydrogen-bond acceptors (Lipinski definition) is 2. The lowest BCUT2D eigenvalue weighted by atomic mass is 10.2. The van der Waals surface area contributed by atoms with Crippen LogP contribution in [-0.4, -0.2) is 12.6 Å². The fraction of sp³-hybridized carbons (Fsp3) is 0.667. The minimum Gasteiger partial charge on any atom is -0.465 e. The predicted molar refractivity (Wildman–Crippen MR) is 45.2 cm³/mol. The highest BCUT2D eigenvalue weighted by Gasteiger charge is 2.00. The van der Waals surface area contributed by atoms with Crippen molar-refractivity contribution in [3.8, 4) is 0 Å². The third-order valence-corrected chi connectivity index (χ3v) is 1.10. The molecular formula is C9H16O2. The van der Waals surface area contributed by atoms with Crippen molar-refractivity contribution in [3.63, 3.8) is 0 Å². The molecule has 0 aliphatic heterocycles. The van der Waals surface area contributed by atoms with Gasteiger partial charge in [-0.1, -0.05) is 26.0 Å². The Morgan fingerprint density at radius 2 is 2.18 bits per heavy atom. The van der Waals surface area contributed by atoms with Crippen LogP contribution in [0.4, 0.5) is 0 Å². The van der Waals surface area contributed by atoms with Crippen LogP contribution in [0.15, 0.2) is 12.2 Å². The Balaban J connectivity index is 3.37. The van der Waals surface area contributed by atoms with Gasteiger partial charge >= 0.3 is 5.97 Å². The second-order valence-corrected chi connectivity index (χ2v) is 2.85. The van der Waals surface area contributed by atoms with E-state index in [-0.39, 0.29) is 5.97 Å². The van der Waals surface area contributed by atoms with Gasteiger partial charge in [0.2, 0.25) is 0 Å². The lowest BCUT2D eigenvalue weighted by molar-refractivity contribution is -0.143. The van der Waals surface area contributed by atoms with Gasteiger partial charge in [0.25, 0.3) is 0 Å². The summed E-state index contributed by atoms with van der Waals surface area (Å²) in [5.74, 6) is 0.279. The summed E-state index contributed by atoms with van der Waals surface area (Å²) in [5, 5.41) is 0. The number of rotatable bonds is 4. The van der Waals surface area contributed by atoms with E-state index in [2.05, 4.69) is 0 Å². The van der Waals surface area contributed by atoms with Crippen LogP contribution in [-0.2, 0) is 9.53 Å². The van der Waals surface area contributed by atoms with Crippen LogP contribution in [0.2, 0.25) is 0 Å². The van der Waals surface area contributed by atoms with Gasteiger partial charge in [-0.15, -0.1) is 0 Å². The summed E-state index contributed by atoms with van der Waals surface area (Å²) in [6, 6.07) is 0. The van der Waals surface area contributed by atoms with Gasteiger partial charge in [0.1, 0.15) is 0 Å². The summed E-state index contributed by atoms with van der Waals surface area (Å²) in [7, 11) is 0. The molecule has 2 nitrogen and oxygen atoms in total. The molecule has 0 unspecified atom stereocenters. The Labute approximate surface area is 68.2 Å². The molecule has 0 rings (SSSR count). The van der Waals surface area contributed by atoms with Crippen molar-refractivity contribution in [1.82, 2.24) is 0 Å². The summed E-state index contributed by atoms with van der Waals surface area (Å²) in [4.78, 5) is 10.8. The lowest BCUT2D eigenvalue weighted by Crippen LogP contribution is -2.08. The molecule has 0 aliphatic carbocycles. The Hall–Kier alpha value is -0.790. The van der Waals surface area contributed by atoms with Crippen molar-refractivity contribution in [2.45, 2.75) is 27.2 Å². The summed E-state index contributed by atoms with van der Waals surface area (Å²) >= 11 is 0. The predicted octanol–water partition coefficient (Wildman–Crippen LogP) is 2.15. The number of allylic oxidation sites excluding steroid dienone is 1. The molecule has 0 amide bonds. The monoisotopic (exact) mass is 156 g/mol. The average molecular weight is 156 g/mol. The molecule has 0 aliphatic rings. The topological polar surface area (TPSA) is 26.3 Å². The first-order valence-electron chi connectivity index (χ1n) is 3.93. The Bertz CT molecular complexity index is 136. The molecule has 0 aromatic rings. The molecule has 0 bridgehead atoms. The molecule has 0 N–H and O–H groups in total. The standard InChI is InChI=1S/C9H16O2/c1-4-5-6-9(10)11-7-8(2)3/h4-5,8H,6-7H2,1-3H3. The first-order chi connectivity index (χ1) is 5.16. The third-order valence-electron chi connectivity index (χ3n) is 1.10. The highest BCUT2D eigenvalue weighted by atomic mass is 16.5. The molecule has 0 spiro atoms. The molecule has 0 aromatic heterocycles. The zero-order valence-corrected chi connectivity index (χ0v) is 7.46. The summed E-state index contributed by atoms with van der Waals surface area (Å²) in [6.45, 7) is 6.44. The van der Waals surface area contributed by atoms with Gasteiger partial charge < -0.3 is 4.74 Å². The third kappa shape index (κ3) is 7.10. The second-order valence-electron chi connectivity index (χ2n) is 2.85. The zero-order chi connectivity index (χ0) is 8.69. The van der Waals surface area contributed by atoms with E-state index in [1.54, 1.807) is 6.08 Å². The molecule has 0 fully saturated rings. The second kappa shape index (κ2) is 5.96. The molecule has 0 saturated carbocycles. The molecule has 64 valence electrons. The number of carbonyl (C=O) groups excluding carboxylic acids is 1. The zero-order valence-electron chi connectivity index (χ0n) is 7.46. The fourth-order valence-electron chi connectivity index (χ4n) is 0.533. The fourth-order valence-corrected chi connectivity index (χ4v) is 0.533. The quantitative estimate of drug-likeness (QED) is 0.460. The molecular weight excluding hydrogens is 140 g/mol. The van der Waals surface area contributed by atoms with Crippen LogP contribution in [0.25, 0.3) is 0 Å².